The first kappa shape index (κ1) is 11.0. The van der Waals surface area contributed by atoms with Crippen molar-refractivity contribution in [2.45, 2.75) is 70.6 Å². The van der Waals surface area contributed by atoms with Crippen molar-refractivity contribution in [1.82, 2.24) is 0 Å². The molecular weight excluding hydrogens is 180 g/mol. The van der Waals surface area contributed by atoms with E-state index in [2.05, 4.69) is 12.2 Å². The summed E-state index contributed by atoms with van der Waals surface area (Å²) in [7, 11) is 0. The molecule has 0 amide bonds. The van der Waals surface area contributed by atoms with Crippen LogP contribution >= 0.6 is 0 Å². The first-order chi connectivity index (χ1) is 7.45. The van der Waals surface area contributed by atoms with Gasteiger partial charge in [0, 0.05) is 0 Å². The SMILES string of the molecule is C(CC=C1CCCCC1)=C1CCCCC1. The number of hydrogen-bond acceptors (Lipinski definition) is 0. The van der Waals surface area contributed by atoms with Crippen LogP contribution in [0.25, 0.3) is 0 Å². The van der Waals surface area contributed by atoms with Crippen molar-refractivity contribution >= 4 is 0 Å². The third kappa shape index (κ3) is 3.85. The zero-order valence-corrected chi connectivity index (χ0v) is 9.93. The maximum atomic E-state index is 2.50. The maximum Gasteiger partial charge on any atom is -0.0164 e. The highest BCUT2D eigenvalue weighted by Crippen LogP contribution is 2.25. The largest absolute Gasteiger partial charge is 0.0815 e. The summed E-state index contributed by atoms with van der Waals surface area (Å²) < 4.78 is 0. The van der Waals surface area contributed by atoms with Crippen LogP contribution in [0.4, 0.5) is 0 Å². The third-order valence-corrected chi connectivity index (χ3v) is 3.80. The first-order valence-electron chi connectivity index (χ1n) is 6.81. The first-order valence-corrected chi connectivity index (χ1v) is 6.81. The maximum absolute atomic E-state index is 2.50. The lowest BCUT2D eigenvalue weighted by atomic mass is 9.92. The number of allylic oxidation sites excluding steroid dienone is 4. The van der Waals surface area contributed by atoms with Crippen LogP contribution in [0, 0.1) is 0 Å². The Bertz CT molecular complexity index is 203. The van der Waals surface area contributed by atoms with Crippen molar-refractivity contribution in [2.24, 2.45) is 0 Å². The van der Waals surface area contributed by atoms with E-state index in [1.807, 2.05) is 0 Å². The molecule has 0 spiro atoms. The molecule has 0 bridgehead atoms. The quantitative estimate of drug-likeness (QED) is 0.545. The van der Waals surface area contributed by atoms with Crippen molar-refractivity contribution in [3.63, 3.8) is 0 Å². The normalized spacial score (nSPS) is 22.7. The third-order valence-electron chi connectivity index (χ3n) is 3.80. The Morgan fingerprint density at radius 1 is 0.600 bits per heavy atom. The van der Waals surface area contributed by atoms with Crippen LogP contribution in [0.1, 0.15) is 70.6 Å². The van der Waals surface area contributed by atoms with Crippen LogP contribution in [0.3, 0.4) is 0 Å². The lowest BCUT2D eigenvalue weighted by Gasteiger charge is -2.14. The fourth-order valence-corrected chi connectivity index (χ4v) is 2.81. The molecule has 0 aromatic rings. The Morgan fingerprint density at radius 3 is 1.40 bits per heavy atom. The van der Waals surface area contributed by atoms with Gasteiger partial charge in [0.1, 0.15) is 0 Å². The summed E-state index contributed by atoms with van der Waals surface area (Å²) in [6.45, 7) is 0. The van der Waals surface area contributed by atoms with Crippen molar-refractivity contribution in [2.75, 3.05) is 0 Å². The van der Waals surface area contributed by atoms with E-state index in [9.17, 15) is 0 Å². The van der Waals surface area contributed by atoms with Crippen molar-refractivity contribution in [3.05, 3.63) is 23.3 Å². The van der Waals surface area contributed by atoms with E-state index >= 15 is 0 Å². The van der Waals surface area contributed by atoms with E-state index in [-0.39, 0.29) is 0 Å². The Hall–Kier alpha value is -0.520. The molecule has 2 aliphatic carbocycles. The van der Waals surface area contributed by atoms with Gasteiger partial charge in [0.25, 0.3) is 0 Å². The molecule has 0 heterocycles. The fourth-order valence-electron chi connectivity index (χ4n) is 2.81. The van der Waals surface area contributed by atoms with Gasteiger partial charge in [-0.3, -0.25) is 0 Å². The highest BCUT2D eigenvalue weighted by Gasteiger charge is 2.05. The molecule has 0 aromatic heterocycles. The molecule has 2 aliphatic rings. The van der Waals surface area contributed by atoms with Crippen molar-refractivity contribution < 1.29 is 0 Å². The van der Waals surface area contributed by atoms with Gasteiger partial charge in [-0.2, -0.15) is 0 Å². The van der Waals surface area contributed by atoms with E-state index in [1.54, 1.807) is 11.1 Å². The molecule has 0 saturated heterocycles. The minimum absolute atomic E-state index is 1.21. The molecule has 84 valence electrons. The second kappa shape index (κ2) is 6.15. The average molecular weight is 204 g/mol. The van der Waals surface area contributed by atoms with Gasteiger partial charge in [0.05, 0.1) is 0 Å². The van der Waals surface area contributed by atoms with E-state index < -0.39 is 0 Å². The standard InChI is InChI=1S/C15H24/c1-3-8-14(9-4-1)12-7-13-15-10-5-2-6-11-15/h12-13H,1-11H2. The predicted molar refractivity (Wildman–Crippen MR) is 67.0 cm³/mol. The van der Waals surface area contributed by atoms with Gasteiger partial charge >= 0.3 is 0 Å². The molecule has 0 heteroatoms. The van der Waals surface area contributed by atoms with E-state index in [1.165, 1.54) is 70.6 Å². The van der Waals surface area contributed by atoms with Crippen LogP contribution in [-0.2, 0) is 0 Å². The summed E-state index contributed by atoms with van der Waals surface area (Å²) in [6.07, 6.45) is 20.4. The Morgan fingerprint density at radius 2 is 1.00 bits per heavy atom. The minimum Gasteiger partial charge on any atom is -0.0815 e. The van der Waals surface area contributed by atoms with E-state index in [4.69, 9.17) is 0 Å². The summed E-state index contributed by atoms with van der Waals surface area (Å²) in [5.41, 5.74) is 3.46. The lowest BCUT2D eigenvalue weighted by molar-refractivity contribution is 0.593. The molecule has 0 nitrogen and oxygen atoms in total. The molecule has 2 fully saturated rings. The highest BCUT2D eigenvalue weighted by atomic mass is 14.1. The van der Waals surface area contributed by atoms with Gasteiger partial charge in [0.15, 0.2) is 0 Å². The molecule has 0 aliphatic heterocycles. The van der Waals surface area contributed by atoms with Crippen LogP contribution in [0.5, 0.6) is 0 Å². The predicted octanol–water partition coefficient (Wildman–Crippen LogP) is 5.16. The zero-order valence-electron chi connectivity index (χ0n) is 9.93. The Balaban J connectivity index is 1.76. The van der Waals surface area contributed by atoms with Crippen molar-refractivity contribution in [1.29, 1.82) is 0 Å². The molecule has 2 saturated carbocycles. The second-order valence-corrected chi connectivity index (χ2v) is 5.08. The molecule has 2 rings (SSSR count). The fraction of sp³-hybridized carbons (Fsp3) is 0.733. The molecular formula is C15H24. The second-order valence-electron chi connectivity index (χ2n) is 5.08. The molecule has 0 radical (unpaired) electrons. The van der Waals surface area contributed by atoms with Gasteiger partial charge in [-0.05, 0) is 57.8 Å². The van der Waals surface area contributed by atoms with Gasteiger partial charge in [0.2, 0.25) is 0 Å². The van der Waals surface area contributed by atoms with Gasteiger partial charge in [-0.15, -0.1) is 0 Å². The highest BCUT2D eigenvalue weighted by molar-refractivity contribution is 5.11. The number of rotatable bonds is 2. The zero-order chi connectivity index (χ0) is 10.3. The summed E-state index contributed by atoms with van der Waals surface area (Å²) in [5, 5.41) is 0. The molecule has 15 heavy (non-hydrogen) atoms. The average Bonchev–Trinajstić information content (AvgIpc) is 2.32. The van der Waals surface area contributed by atoms with Crippen LogP contribution in [0.2, 0.25) is 0 Å². The van der Waals surface area contributed by atoms with Crippen LogP contribution < -0.4 is 0 Å². The lowest BCUT2D eigenvalue weighted by Crippen LogP contribution is -1.94. The van der Waals surface area contributed by atoms with E-state index in [0.29, 0.717) is 0 Å². The van der Waals surface area contributed by atoms with Crippen LogP contribution in [0.15, 0.2) is 23.3 Å². The molecule has 0 unspecified atom stereocenters. The topological polar surface area (TPSA) is 0 Å². The van der Waals surface area contributed by atoms with Crippen LogP contribution in [-0.4, -0.2) is 0 Å². The van der Waals surface area contributed by atoms with Gasteiger partial charge in [-0.25, -0.2) is 0 Å². The minimum atomic E-state index is 1.21. The van der Waals surface area contributed by atoms with Gasteiger partial charge < -0.3 is 0 Å². The Labute approximate surface area is 94.5 Å². The molecule has 0 N–H and O–H groups in total. The summed E-state index contributed by atoms with van der Waals surface area (Å²) in [5.74, 6) is 0. The monoisotopic (exact) mass is 204 g/mol. The number of hydrogen-bond donors (Lipinski definition) is 0. The van der Waals surface area contributed by atoms with Gasteiger partial charge in [-0.1, -0.05) is 36.1 Å². The van der Waals surface area contributed by atoms with Crippen molar-refractivity contribution in [3.8, 4) is 0 Å². The summed E-state index contributed by atoms with van der Waals surface area (Å²) in [4.78, 5) is 0. The van der Waals surface area contributed by atoms with E-state index in [0.717, 1.165) is 0 Å². The smallest absolute Gasteiger partial charge is 0.0164 e. The summed E-state index contributed by atoms with van der Waals surface area (Å²) in [6, 6.07) is 0. The molecule has 0 atom stereocenters. The molecule has 0 aromatic carbocycles. The summed E-state index contributed by atoms with van der Waals surface area (Å²) >= 11 is 0. The Kier molecular flexibility index (Phi) is 4.50.